The van der Waals surface area contributed by atoms with Crippen LogP contribution in [0.25, 0.3) is 0 Å². The van der Waals surface area contributed by atoms with Crippen molar-refractivity contribution < 1.29 is 9.59 Å². The molecule has 0 saturated heterocycles. The highest BCUT2D eigenvalue weighted by Crippen LogP contribution is 2.19. The van der Waals surface area contributed by atoms with Gasteiger partial charge in [0, 0.05) is 24.5 Å². The molecule has 0 aliphatic rings. The summed E-state index contributed by atoms with van der Waals surface area (Å²) < 4.78 is 0. The van der Waals surface area contributed by atoms with Gasteiger partial charge in [-0.3, -0.25) is 9.59 Å². The summed E-state index contributed by atoms with van der Waals surface area (Å²) in [4.78, 5) is 27.4. The van der Waals surface area contributed by atoms with Crippen LogP contribution in [0.15, 0.2) is 48.5 Å². The molecule has 0 bridgehead atoms. The van der Waals surface area contributed by atoms with Crippen LogP contribution in [-0.4, -0.2) is 29.3 Å². The number of carbonyl (C=O) groups excluding carboxylic acids is 2. The fourth-order valence-electron chi connectivity index (χ4n) is 3.31. The molecule has 1 atom stereocenters. The fourth-order valence-corrected chi connectivity index (χ4v) is 3.54. The molecule has 28 heavy (non-hydrogen) atoms. The minimum atomic E-state index is -0.487. The summed E-state index contributed by atoms with van der Waals surface area (Å²) in [5.74, 6) is -0.150. The number of aryl methyl sites for hydroxylation is 2. The molecule has 2 amide bonds. The molecule has 1 unspecified atom stereocenters. The van der Waals surface area contributed by atoms with E-state index in [9.17, 15) is 9.59 Å². The van der Waals surface area contributed by atoms with E-state index in [1.165, 1.54) is 0 Å². The van der Waals surface area contributed by atoms with Crippen molar-refractivity contribution in [3.63, 3.8) is 0 Å². The van der Waals surface area contributed by atoms with Crippen molar-refractivity contribution >= 4 is 23.4 Å². The molecule has 0 fully saturated rings. The van der Waals surface area contributed by atoms with E-state index in [1.807, 2.05) is 63.2 Å². The smallest absolute Gasteiger partial charge is 0.242 e. The van der Waals surface area contributed by atoms with Gasteiger partial charge in [-0.2, -0.15) is 0 Å². The first-order chi connectivity index (χ1) is 13.5. The number of rotatable bonds is 9. The zero-order valence-electron chi connectivity index (χ0n) is 16.9. The summed E-state index contributed by atoms with van der Waals surface area (Å²) in [6.45, 7) is 6.80. The Kier molecular flexibility index (Phi) is 8.52. The maximum Gasteiger partial charge on any atom is 0.242 e. The van der Waals surface area contributed by atoms with E-state index in [4.69, 9.17) is 11.6 Å². The second-order valence-corrected chi connectivity index (χ2v) is 7.33. The normalized spacial score (nSPS) is 11.7. The van der Waals surface area contributed by atoms with Crippen LogP contribution in [0.4, 0.5) is 0 Å². The number of hydrogen-bond donors (Lipinski definition) is 1. The Bertz CT molecular complexity index is 807. The molecular weight excluding hydrogens is 372 g/mol. The molecular formula is C23H29ClN2O2. The number of hydrogen-bond acceptors (Lipinski definition) is 2. The average Bonchev–Trinajstić information content (AvgIpc) is 2.67. The molecule has 2 rings (SSSR count). The van der Waals surface area contributed by atoms with Crippen LogP contribution >= 0.6 is 11.6 Å². The highest BCUT2D eigenvalue weighted by atomic mass is 35.5. The lowest BCUT2D eigenvalue weighted by atomic mass is 10.1. The van der Waals surface area contributed by atoms with E-state index in [-0.39, 0.29) is 11.8 Å². The van der Waals surface area contributed by atoms with E-state index in [2.05, 4.69) is 11.4 Å². The number of likely N-dealkylation sites (N-methyl/N-ethyl adjacent to an activating group) is 1. The first-order valence-corrected chi connectivity index (χ1v) is 10.2. The Morgan fingerprint density at radius 2 is 1.86 bits per heavy atom. The molecule has 0 heterocycles. The highest BCUT2D eigenvalue weighted by molar-refractivity contribution is 6.31. The molecule has 0 saturated carbocycles. The lowest BCUT2D eigenvalue weighted by Gasteiger charge is -2.30. The maximum absolute atomic E-state index is 13.1. The number of carbonyl (C=O) groups is 2. The Labute approximate surface area is 172 Å². The van der Waals surface area contributed by atoms with Gasteiger partial charge in [0.15, 0.2) is 0 Å². The Morgan fingerprint density at radius 1 is 1.11 bits per heavy atom. The van der Waals surface area contributed by atoms with Gasteiger partial charge in [0.2, 0.25) is 11.8 Å². The summed E-state index contributed by atoms with van der Waals surface area (Å²) in [7, 11) is 0. The lowest BCUT2D eigenvalue weighted by Crippen LogP contribution is -2.49. The molecule has 2 aromatic rings. The second kappa shape index (κ2) is 10.9. The number of benzene rings is 2. The van der Waals surface area contributed by atoms with Crippen molar-refractivity contribution in [2.45, 2.75) is 52.6 Å². The van der Waals surface area contributed by atoms with Gasteiger partial charge in [0.05, 0.1) is 0 Å². The maximum atomic E-state index is 13.1. The van der Waals surface area contributed by atoms with Crippen molar-refractivity contribution in [3.8, 4) is 0 Å². The average molecular weight is 401 g/mol. The fraction of sp³-hybridized carbons (Fsp3) is 0.391. The minimum absolute atomic E-state index is 0.0421. The second-order valence-electron chi connectivity index (χ2n) is 6.92. The van der Waals surface area contributed by atoms with Crippen LogP contribution in [0, 0.1) is 6.92 Å². The first-order valence-electron chi connectivity index (χ1n) is 9.82. The number of nitrogens with zero attached hydrogens (tertiary/aromatic N) is 1. The van der Waals surface area contributed by atoms with E-state index in [0.717, 1.165) is 16.7 Å². The van der Waals surface area contributed by atoms with Crippen LogP contribution in [-0.2, 0) is 22.6 Å². The van der Waals surface area contributed by atoms with Crippen LogP contribution in [0.3, 0.4) is 0 Å². The zero-order valence-corrected chi connectivity index (χ0v) is 17.6. The van der Waals surface area contributed by atoms with Crippen LogP contribution < -0.4 is 5.32 Å². The largest absolute Gasteiger partial charge is 0.355 e. The van der Waals surface area contributed by atoms with Gasteiger partial charge < -0.3 is 10.2 Å². The highest BCUT2D eigenvalue weighted by Gasteiger charge is 2.28. The van der Waals surface area contributed by atoms with Crippen molar-refractivity contribution in [2.24, 2.45) is 0 Å². The van der Waals surface area contributed by atoms with Gasteiger partial charge in [-0.05, 0) is 43.9 Å². The van der Waals surface area contributed by atoms with E-state index in [0.29, 0.717) is 37.4 Å². The summed E-state index contributed by atoms with van der Waals surface area (Å²) in [6, 6.07) is 15.1. The van der Waals surface area contributed by atoms with Crippen molar-refractivity contribution in [1.82, 2.24) is 10.2 Å². The van der Waals surface area contributed by atoms with E-state index in [1.54, 1.807) is 4.90 Å². The third-order valence-corrected chi connectivity index (χ3v) is 5.11. The topological polar surface area (TPSA) is 49.4 Å². The van der Waals surface area contributed by atoms with Gasteiger partial charge in [0.1, 0.15) is 6.04 Å². The molecule has 1 N–H and O–H groups in total. The van der Waals surface area contributed by atoms with Gasteiger partial charge >= 0.3 is 0 Å². The Hall–Kier alpha value is -2.33. The predicted molar refractivity (Wildman–Crippen MR) is 114 cm³/mol. The standard InChI is InChI=1S/C23H29ClN2O2/c1-4-21(23(28)25-5-2)26(16-18-10-8-9-17(3)15-18)22(27)14-13-19-11-6-7-12-20(19)24/h6-12,15,21H,4-5,13-14,16H2,1-3H3,(H,25,28). The third-order valence-electron chi connectivity index (χ3n) is 4.74. The number of amides is 2. The lowest BCUT2D eigenvalue weighted by molar-refractivity contribution is -0.141. The van der Waals surface area contributed by atoms with Gasteiger partial charge in [-0.25, -0.2) is 0 Å². The van der Waals surface area contributed by atoms with Crippen molar-refractivity contribution in [1.29, 1.82) is 0 Å². The first kappa shape index (κ1) is 22.0. The number of halogens is 1. The Balaban J connectivity index is 2.21. The van der Waals surface area contributed by atoms with Crippen molar-refractivity contribution in [3.05, 3.63) is 70.2 Å². The molecule has 0 aliphatic carbocycles. The summed E-state index contributed by atoms with van der Waals surface area (Å²) >= 11 is 6.23. The monoisotopic (exact) mass is 400 g/mol. The SMILES string of the molecule is CCNC(=O)C(CC)N(Cc1cccc(C)c1)C(=O)CCc1ccccc1Cl. The van der Waals surface area contributed by atoms with Gasteiger partial charge in [-0.15, -0.1) is 0 Å². The molecule has 150 valence electrons. The van der Waals surface area contributed by atoms with Crippen molar-refractivity contribution in [2.75, 3.05) is 6.54 Å². The van der Waals surface area contributed by atoms with Gasteiger partial charge in [0.25, 0.3) is 0 Å². The molecule has 2 aromatic carbocycles. The molecule has 0 radical (unpaired) electrons. The van der Waals surface area contributed by atoms with Crippen LogP contribution in [0.5, 0.6) is 0 Å². The van der Waals surface area contributed by atoms with Gasteiger partial charge in [-0.1, -0.05) is 66.6 Å². The molecule has 0 aromatic heterocycles. The molecule has 0 aliphatic heterocycles. The molecule has 5 heteroatoms. The minimum Gasteiger partial charge on any atom is -0.355 e. The quantitative estimate of drug-likeness (QED) is 0.672. The molecule has 0 spiro atoms. The summed E-state index contributed by atoms with van der Waals surface area (Å²) in [5.41, 5.74) is 3.10. The zero-order chi connectivity index (χ0) is 20.5. The van der Waals surface area contributed by atoms with Crippen LogP contribution in [0.2, 0.25) is 5.02 Å². The predicted octanol–water partition coefficient (Wildman–Crippen LogP) is 4.52. The summed E-state index contributed by atoms with van der Waals surface area (Å²) in [5, 5.41) is 3.52. The number of nitrogens with one attached hydrogen (secondary N) is 1. The molecule has 4 nitrogen and oxygen atoms in total. The summed E-state index contributed by atoms with van der Waals surface area (Å²) in [6.07, 6.45) is 1.43. The van der Waals surface area contributed by atoms with Crippen LogP contribution in [0.1, 0.15) is 43.4 Å². The Morgan fingerprint density at radius 3 is 2.50 bits per heavy atom. The van der Waals surface area contributed by atoms with E-state index < -0.39 is 6.04 Å². The van der Waals surface area contributed by atoms with E-state index >= 15 is 0 Å². The third kappa shape index (κ3) is 6.10.